The smallest absolute Gasteiger partial charge is 0.248 e. The summed E-state index contributed by atoms with van der Waals surface area (Å²) in [6.45, 7) is 1.42. The fourth-order valence-electron chi connectivity index (χ4n) is 2.38. The molecule has 1 unspecified atom stereocenters. The highest BCUT2D eigenvalue weighted by Gasteiger charge is 2.29. The van der Waals surface area contributed by atoms with Gasteiger partial charge in [-0.2, -0.15) is 0 Å². The third kappa shape index (κ3) is 4.73. The van der Waals surface area contributed by atoms with Crippen molar-refractivity contribution in [2.24, 2.45) is 0 Å². The van der Waals surface area contributed by atoms with Gasteiger partial charge >= 0.3 is 0 Å². The summed E-state index contributed by atoms with van der Waals surface area (Å²) >= 11 is 3.13. The zero-order valence-electron chi connectivity index (χ0n) is 14.4. The Morgan fingerprint density at radius 2 is 1.96 bits per heavy atom. The number of rotatable bonds is 6. The van der Waals surface area contributed by atoms with Crippen molar-refractivity contribution < 1.29 is 22.3 Å². The highest BCUT2D eigenvalue weighted by atomic mass is 79.9. The lowest BCUT2D eigenvalue weighted by Crippen LogP contribution is -2.45. The second kappa shape index (κ2) is 8.05. The molecule has 0 saturated carbocycles. The zero-order valence-corrected chi connectivity index (χ0v) is 16.8. The fourth-order valence-corrected chi connectivity index (χ4v) is 3.88. The van der Waals surface area contributed by atoms with Crippen LogP contribution in [0.2, 0.25) is 0 Å². The molecule has 0 aliphatic heterocycles. The van der Waals surface area contributed by atoms with Crippen molar-refractivity contribution in [1.82, 2.24) is 0 Å². The quantitative estimate of drug-likeness (QED) is 0.740. The minimum absolute atomic E-state index is 0.0378. The van der Waals surface area contributed by atoms with Crippen LogP contribution in [0.1, 0.15) is 6.92 Å². The number of hydrogen-bond acceptors (Lipinski definition) is 4. The Kier molecular flexibility index (Phi) is 6.25. The molecule has 1 amide bonds. The van der Waals surface area contributed by atoms with E-state index in [1.165, 1.54) is 32.2 Å². The predicted molar refractivity (Wildman–Crippen MR) is 103 cm³/mol. The van der Waals surface area contributed by atoms with Crippen molar-refractivity contribution in [3.05, 3.63) is 52.8 Å². The molecule has 2 aromatic rings. The molecule has 0 heterocycles. The molecule has 0 fully saturated rings. The Morgan fingerprint density at radius 3 is 2.54 bits per heavy atom. The summed E-state index contributed by atoms with van der Waals surface area (Å²) in [6, 6.07) is 9.38. The van der Waals surface area contributed by atoms with Gasteiger partial charge in [0.2, 0.25) is 15.9 Å². The van der Waals surface area contributed by atoms with Crippen molar-refractivity contribution in [1.29, 1.82) is 0 Å². The molecule has 2 aromatic carbocycles. The molecule has 1 N–H and O–H groups in total. The molecule has 26 heavy (non-hydrogen) atoms. The topological polar surface area (TPSA) is 75.7 Å². The minimum atomic E-state index is -3.78. The summed E-state index contributed by atoms with van der Waals surface area (Å²) in [5.41, 5.74) is 0.231. The summed E-state index contributed by atoms with van der Waals surface area (Å²) in [5.74, 6) is -0.852. The van der Waals surface area contributed by atoms with Crippen LogP contribution in [-0.2, 0) is 14.8 Å². The molecule has 0 bridgehead atoms. The third-order valence-corrected chi connectivity index (χ3v) is 5.32. The number of carbonyl (C=O) groups excluding carboxylic acids is 1. The first-order valence-corrected chi connectivity index (χ1v) is 10.2. The van der Waals surface area contributed by atoms with E-state index in [2.05, 4.69) is 21.2 Å². The first kappa shape index (κ1) is 20.2. The van der Waals surface area contributed by atoms with Gasteiger partial charge in [0.25, 0.3) is 0 Å². The number of benzene rings is 2. The molecule has 2 rings (SSSR count). The van der Waals surface area contributed by atoms with Crippen molar-refractivity contribution >= 4 is 43.2 Å². The van der Waals surface area contributed by atoms with Crippen LogP contribution in [0.4, 0.5) is 15.8 Å². The Morgan fingerprint density at radius 1 is 1.27 bits per heavy atom. The summed E-state index contributed by atoms with van der Waals surface area (Å²) in [5, 5.41) is 2.42. The molecule has 0 aliphatic carbocycles. The molecule has 0 spiro atoms. The van der Waals surface area contributed by atoms with Gasteiger partial charge in [-0.3, -0.25) is 9.10 Å². The molecule has 140 valence electrons. The van der Waals surface area contributed by atoms with Crippen LogP contribution in [0.5, 0.6) is 5.75 Å². The summed E-state index contributed by atoms with van der Waals surface area (Å²) in [4.78, 5) is 12.5. The normalized spacial score (nSPS) is 12.3. The van der Waals surface area contributed by atoms with Crippen LogP contribution in [0.25, 0.3) is 0 Å². The molecule has 9 heteroatoms. The van der Waals surface area contributed by atoms with Gasteiger partial charge in [0, 0.05) is 10.5 Å². The highest BCUT2D eigenvalue weighted by Crippen LogP contribution is 2.26. The van der Waals surface area contributed by atoms with Gasteiger partial charge in [-0.25, -0.2) is 12.8 Å². The van der Waals surface area contributed by atoms with E-state index in [0.29, 0.717) is 10.2 Å². The molecule has 0 saturated heterocycles. The minimum Gasteiger partial charge on any atom is -0.497 e. The van der Waals surface area contributed by atoms with Gasteiger partial charge in [-0.15, -0.1) is 0 Å². The lowest BCUT2D eigenvalue weighted by Gasteiger charge is -2.28. The first-order valence-electron chi connectivity index (χ1n) is 7.53. The maximum Gasteiger partial charge on any atom is 0.248 e. The van der Waals surface area contributed by atoms with Crippen molar-refractivity contribution in [2.75, 3.05) is 23.0 Å². The Hall–Kier alpha value is -2.13. The molecule has 0 aromatic heterocycles. The Balaban J connectivity index is 2.34. The molecule has 0 radical (unpaired) electrons. The van der Waals surface area contributed by atoms with Crippen LogP contribution in [-0.4, -0.2) is 33.7 Å². The van der Waals surface area contributed by atoms with Crippen LogP contribution in [0.15, 0.2) is 46.9 Å². The van der Waals surface area contributed by atoms with E-state index in [1.807, 2.05) is 0 Å². The van der Waals surface area contributed by atoms with Gasteiger partial charge in [0.05, 0.1) is 24.7 Å². The number of nitrogens with zero attached hydrogens (tertiary/aromatic N) is 1. The van der Waals surface area contributed by atoms with Crippen LogP contribution in [0, 0.1) is 5.82 Å². The summed E-state index contributed by atoms with van der Waals surface area (Å²) in [7, 11) is -2.33. The second-order valence-electron chi connectivity index (χ2n) is 5.55. The lowest BCUT2D eigenvalue weighted by atomic mass is 10.2. The Bertz CT molecular complexity index is 921. The summed E-state index contributed by atoms with van der Waals surface area (Å²) < 4.78 is 45.1. The van der Waals surface area contributed by atoms with E-state index in [-0.39, 0.29) is 11.4 Å². The number of anilines is 2. The monoisotopic (exact) mass is 444 g/mol. The lowest BCUT2D eigenvalue weighted by molar-refractivity contribution is -0.116. The number of carbonyl (C=O) groups is 1. The highest BCUT2D eigenvalue weighted by molar-refractivity contribution is 9.10. The van der Waals surface area contributed by atoms with Crippen molar-refractivity contribution in [3.8, 4) is 5.75 Å². The Labute approximate surface area is 160 Å². The van der Waals surface area contributed by atoms with Gasteiger partial charge in [0.1, 0.15) is 17.6 Å². The zero-order chi connectivity index (χ0) is 19.5. The predicted octanol–water partition coefficient (Wildman–Crippen LogP) is 3.39. The van der Waals surface area contributed by atoms with Crippen LogP contribution < -0.4 is 14.4 Å². The maximum absolute atomic E-state index is 13.9. The van der Waals surface area contributed by atoms with E-state index < -0.39 is 27.8 Å². The van der Waals surface area contributed by atoms with E-state index in [0.717, 1.165) is 10.6 Å². The molecule has 0 aliphatic rings. The van der Waals surface area contributed by atoms with Gasteiger partial charge in [-0.05, 0) is 37.3 Å². The number of hydrogen-bond donors (Lipinski definition) is 1. The second-order valence-corrected chi connectivity index (χ2v) is 8.32. The molecular formula is C17H18BrFN2O4S. The standard InChI is InChI=1S/C17H18BrFN2O4S/c1-11(17(22)20-16-8-7-12(18)9-15(16)19)21(26(3,23)24)13-5-4-6-14(10-13)25-2/h4-11H,1-3H3,(H,20,22). The van der Waals surface area contributed by atoms with E-state index >= 15 is 0 Å². The van der Waals surface area contributed by atoms with Crippen LogP contribution >= 0.6 is 15.9 Å². The van der Waals surface area contributed by atoms with Crippen LogP contribution in [0.3, 0.4) is 0 Å². The van der Waals surface area contributed by atoms with E-state index in [1.54, 1.807) is 24.3 Å². The van der Waals surface area contributed by atoms with Gasteiger partial charge in [0.15, 0.2) is 0 Å². The molecule has 6 nitrogen and oxygen atoms in total. The number of methoxy groups -OCH3 is 1. The number of ether oxygens (including phenoxy) is 1. The number of halogens is 2. The van der Waals surface area contributed by atoms with Gasteiger partial charge < -0.3 is 10.1 Å². The van der Waals surface area contributed by atoms with Crippen molar-refractivity contribution in [2.45, 2.75) is 13.0 Å². The SMILES string of the molecule is COc1cccc(N(C(C)C(=O)Nc2ccc(Br)cc2F)S(C)(=O)=O)c1. The summed E-state index contributed by atoms with van der Waals surface area (Å²) in [6.07, 6.45) is 0.996. The van der Waals surface area contributed by atoms with E-state index in [9.17, 15) is 17.6 Å². The van der Waals surface area contributed by atoms with Crippen molar-refractivity contribution in [3.63, 3.8) is 0 Å². The number of nitrogens with one attached hydrogen (secondary N) is 1. The largest absolute Gasteiger partial charge is 0.497 e. The number of sulfonamides is 1. The molecular weight excluding hydrogens is 427 g/mol. The maximum atomic E-state index is 13.9. The third-order valence-electron chi connectivity index (χ3n) is 3.59. The first-order chi connectivity index (χ1) is 12.1. The average molecular weight is 445 g/mol. The molecule has 1 atom stereocenters. The van der Waals surface area contributed by atoms with Gasteiger partial charge in [-0.1, -0.05) is 22.0 Å². The number of amides is 1. The fraction of sp³-hybridized carbons (Fsp3) is 0.235. The average Bonchev–Trinajstić information content (AvgIpc) is 2.56. The van der Waals surface area contributed by atoms with E-state index in [4.69, 9.17) is 4.74 Å².